The molecule has 0 aromatic carbocycles. The number of nitrogens with zero attached hydrogens (tertiary/aromatic N) is 2. The van der Waals surface area contributed by atoms with Crippen LogP contribution in [0.2, 0.25) is 0 Å². The van der Waals surface area contributed by atoms with Gasteiger partial charge in [0, 0.05) is 18.9 Å². The van der Waals surface area contributed by atoms with Crippen LogP contribution in [-0.4, -0.2) is 15.6 Å². The maximum atomic E-state index is 12.1. The third kappa shape index (κ3) is 3.18. The van der Waals surface area contributed by atoms with Crippen molar-refractivity contribution in [1.82, 2.24) is 9.78 Å². The quantitative estimate of drug-likeness (QED) is 0.835. The van der Waals surface area contributed by atoms with E-state index in [4.69, 9.17) is 0 Å². The van der Waals surface area contributed by atoms with Gasteiger partial charge in [-0.05, 0) is 35.7 Å². The molecule has 0 saturated carbocycles. The highest BCUT2D eigenvalue weighted by Crippen LogP contribution is 2.23. The smallest absolute Gasteiger partial charge is 0.141 e. The average molecular weight is 301 g/mol. The van der Waals surface area contributed by atoms with Gasteiger partial charge in [-0.1, -0.05) is 20.8 Å². The first-order valence-electron chi connectivity index (χ1n) is 6.12. The molecule has 0 amide bonds. The Kier molecular flexibility index (Phi) is 4.92. The lowest BCUT2D eigenvalue weighted by atomic mass is 9.91. The molecule has 1 rings (SSSR count). The fraction of sp³-hybridized carbons (Fsp3) is 0.692. The van der Waals surface area contributed by atoms with Crippen molar-refractivity contribution in [2.75, 3.05) is 0 Å². The SMILES string of the molecule is CCn1nc(C)c(Br)c1CC(=O)C(C)C(C)C. The molecule has 0 fully saturated rings. The van der Waals surface area contributed by atoms with E-state index in [2.05, 4.69) is 34.9 Å². The first-order chi connectivity index (χ1) is 7.88. The zero-order chi connectivity index (χ0) is 13.2. The fourth-order valence-corrected chi connectivity index (χ4v) is 2.16. The van der Waals surface area contributed by atoms with E-state index in [1.54, 1.807) is 0 Å². The van der Waals surface area contributed by atoms with Crippen molar-refractivity contribution in [2.24, 2.45) is 11.8 Å². The summed E-state index contributed by atoms with van der Waals surface area (Å²) in [5.74, 6) is 0.776. The zero-order valence-corrected chi connectivity index (χ0v) is 12.8. The van der Waals surface area contributed by atoms with Gasteiger partial charge in [0.05, 0.1) is 15.9 Å². The van der Waals surface area contributed by atoms with Crippen LogP contribution in [0.25, 0.3) is 0 Å². The Balaban J connectivity index is 2.91. The molecule has 0 aliphatic rings. The maximum Gasteiger partial charge on any atom is 0.141 e. The van der Waals surface area contributed by atoms with Crippen molar-refractivity contribution in [1.29, 1.82) is 0 Å². The Labute approximate surface area is 112 Å². The summed E-state index contributed by atoms with van der Waals surface area (Å²) in [5, 5.41) is 4.40. The van der Waals surface area contributed by atoms with Gasteiger partial charge in [-0.15, -0.1) is 0 Å². The molecular weight excluding hydrogens is 280 g/mol. The predicted octanol–water partition coefficient (Wildman–Crippen LogP) is 3.38. The second-order valence-corrected chi connectivity index (χ2v) is 5.63. The monoisotopic (exact) mass is 300 g/mol. The summed E-state index contributed by atoms with van der Waals surface area (Å²) >= 11 is 3.52. The maximum absolute atomic E-state index is 12.1. The van der Waals surface area contributed by atoms with Crippen molar-refractivity contribution in [3.63, 3.8) is 0 Å². The third-order valence-corrected chi connectivity index (χ3v) is 4.33. The van der Waals surface area contributed by atoms with Crippen molar-refractivity contribution in [3.8, 4) is 0 Å². The van der Waals surface area contributed by atoms with Crippen molar-refractivity contribution in [3.05, 3.63) is 15.9 Å². The Morgan fingerprint density at radius 3 is 2.47 bits per heavy atom. The number of Topliss-reactive ketones (excluding diaryl/α,β-unsaturated/α-hetero) is 1. The lowest BCUT2D eigenvalue weighted by molar-refractivity contribution is -0.123. The molecule has 96 valence electrons. The van der Waals surface area contributed by atoms with E-state index < -0.39 is 0 Å². The lowest BCUT2D eigenvalue weighted by Gasteiger charge is -2.14. The second-order valence-electron chi connectivity index (χ2n) is 4.84. The molecule has 0 bridgehead atoms. The summed E-state index contributed by atoms with van der Waals surface area (Å²) < 4.78 is 2.88. The average Bonchev–Trinajstić information content (AvgIpc) is 2.55. The zero-order valence-electron chi connectivity index (χ0n) is 11.2. The van der Waals surface area contributed by atoms with Gasteiger partial charge in [0.2, 0.25) is 0 Å². The van der Waals surface area contributed by atoms with Gasteiger partial charge in [-0.3, -0.25) is 9.48 Å². The van der Waals surface area contributed by atoms with E-state index in [0.29, 0.717) is 12.3 Å². The van der Waals surface area contributed by atoms with Gasteiger partial charge in [0.25, 0.3) is 0 Å². The highest BCUT2D eigenvalue weighted by Gasteiger charge is 2.21. The van der Waals surface area contributed by atoms with Crippen LogP contribution in [0.15, 0.2) is 4.47 Å². The number of hydrogen-bond acceptors (Lipinski definition) is 2. The molecule has 0 aliphatic heterocycles. The number of carbonyl (C=O) groups excluding carboxylic acids is 1. The first-order valence-corrected chi connectivity index (χ1v) is 6.92. The summed E-state index contributed by atoms with van der Waals surface area (Å²) in [7, 11) is 0. The number of carbonyl (C=O) groups is 1. The van der Waals surface area contributed by atoms with Gasteiger partial charge < -0.3 is 0 Å². The largest absolute Gasteiger partial charge is 0.299 e. The third-order valence-electron chi connectivity index (χ3n) is 3.30. The number of aryl methyl sites for hydroxylation is 2. The summed E-state index contributed by atoms with van der Waals surface area (Å²) in [6.45, 7) is 11.0. The summed E-state index contributed by atoms with van der Waals surface area (Å²) in [6.07, 6.45) is 0.467. The van der Waals surface area contributed by atoms with Crippen LogP contribution in [0.3, 0.4) is 0 Å². The summed E-state index contributed by atoms with van der Waals surface area (Å²) in [4.78, 5) is 12.1. The molecule has 0 saturated heterocycles. The molecule has 0 spiro atoms. The summed E-state index contributed by atoms with van der Waals surface area (Å²) in [6, 6.07) is 0. The van der Waals surface area contributed by atoms with Gasteiger partial charge in [-0.25, -0.2) is 0 Å². The van der Waals surface area contributed by atoms with Crippen LogP contribution in [-0.2, 0) is 17.8 Å². The van der Waals surface area contributed by atoms with Crippen LogP contribution in [0.5, 0.6) is 0 Å². The molecule has 3 nitrogen and oxygen atoms in total. The van der Waals surface area contributed by atoms with E-state index in [1.807, 2.05) is 25.5 Å². The van der Waals surface area contributed by atoms with E-state index in [1.165, 1.54) is 0 Å². The highest BCUT2D eigenvalue weighted by molar-refractivity contribution is 9.10. The number of rotatable bonds is 5. The van der Waals surface area contributed by atoms with E-state index in [9.17, 15) is 4.79 Å². The molecule has 1 aromatic heterocycles. The molecule has 1 aromatic rings. The van der Waals surface area contributed by atoms with Gasteiger partial charge in [0.15, 0.2) is 0 Å². The second kappa shape index (κ2) is 5.80. The number of ketones is 1. The molecule has 0 radical (unpaired) electrons. The molecule has 4 heteroatoms. The van der Waals surface area contributed by atoms with Crippen LogP contribution in [0.4, 0.5) is 0 Å². The Morgan fingerprint density at radius 1 is 1.41 bits per heavy atom. The fourth-order valence-electron chi connectivity index (χ4n) is 1.74. The first kappa shape index (κ1) is 14.4. The standard InChI is InChI=1S/C13H21BrN2O/c1-6-16-11(13(14)10(5)15-16)7-12(17)9(4)8(2)3/h8-9H,6-7H2,1-5H3. The highest BCUT2D eigenvalue weighted by atomic mass is 79.9. The number of hydrogen-bond donors (Lipinski definition) is 0. The number of aromatic nitrogens is 2. The molecule has 1 heterocycles. The molecular formula is C13H21BrN2O. The van der Waals surface area contributed by atoms with Crippen LogP contribution in [0.1, 0.15) is 39.1 Å². The van der Waals surface area contributed by atoms with Crippen molar-refractivity contribution in [2.45, 2.75) is 47.6 Å². The summed E-state index contributed by atoms with van der Waals surface area (Å²) in [5.41, 5.74) is 1.95. The Bertz CT molecular complexity index is 410. The lowest BCUT2D eigenvalue weighted by Crippen LogP contribution is -2.20. The van der Waals surface area contributed by atoms with Crippen molar-refractivity contribution >= 4 is 21.7 Å². The van der Waals surface area contributed by atoms with Crippen molar-refractivity contribution < 1.29 is 4.79 Å². The van der Waals surface area contributed by atoms with Gasteiger partial charge >= 0.3 is 0 Å². The van der Waals surface area contributed by atoms with Gasteiger partial charge in [0.1, 0.15) is 5.78 Å². The topological polar surface area (TPSA) is 34.9 Å². The predicted molar refractivity (Wildman–Crippen MR) is 73.1 cm³/mol. The molecule has 1 atom stereocenters. The van der Waals surface area contributed by atoms with Crippen LogP contribution < -0.4 is 0 Å². The number of halogens is 1. The minimum atomic E-state index is 0.0995. The molecule has 1 unspecified atom stereocenters. The van der Waals surface area contributed by atoms with E-state index in [-0.39, 0.29) is 11.7 Å². The minimum Gasteiger partial charge on any atom is -0.299 e. The van der Waals surface area contributed by atoms with E-state index >= 15 is 0 Å². The molecule has 17 heavy (non-hydrogen) atoms. The molecule has 0 N–H and O–H groups in total. The Morgan fingerprint density at radius 2 is 2.00 bits per heavy atom. The van der Waals surface area contributed by atoms with Crippen LogP contribution in [0, 0.1) is 18.8 Å². The van der Waals surface area contributed by atoms with Crippen LogP contribution >= 0.6 is 15.9 Å². The molecule has 0 aliphatic carbocycles. The van der Waals surface area contributed by atoms with E-state index in [0.717, 1.165) is 22.4 Å². The normalized spacial score (nSPS) is 13.1. The minimum absolute atomic E-state index is 0.0995. The van der Waals surface area contributed by atoms with Gasteiger partial charge in [-0.2, -0.15) is 5.10 Å². The Hall–Kier alpha value is -0.640.